The lowest BCUT2D eigenvalue weighted by molar-refractivity contribution is -0.140. The van der Waals surface area contributed by atoms with Crippen LogP contribution in [-0.4, -0.2) is 34.6 Å². The predicted octanol–water partition coefficient (Wildman–Crippen LogP) is 5.29. The van der Waals surface area contributed by atoms with Crippen molar-refractivity contribution in [3.63, 3.8) is 0 Å². The van der Waals surface area contributed by atoms with E-state index in [2.05, 4.69) is 5.32 Å². The van der Waals surface area contributed by atoms with Gasteiger partial charge in [0.05, 0.1) is 0 Å². The molecule has 1 unspecified atom stereocenters. The molecule has 0 aliphatic heterocycles. The lowest BCUT2D eigenvalue weighted by Crippen LogP contribution is -2.49. The lowest BCUT2D eigenvalue weighted by atomic mass is 10.1. The molecule has 0 aromatic heterocycles. The summed E-state index contributed by atoms with van der Waals surface area (Å²) >= 11 is 7.56. The monoisotopic (exact) mass is 450 g/mol. The van der Waals surface area contributed by atoms with Crippen LogP contribution in [0, 0.1) is 5.82 Å². The minimum absolute atomic E-state index is 0.0153. The van der Waals surface area contributed by atoms with Gasteiger partial charge in [-0.3, -0.25) is 9.59 Å². The van der Waals surface area contributed by atoms with Gasteiger partial charge in [-0.2, -0.15) is 0 Å². The number of amides is 2. The molecule has 2 amide bonds. The number of nitrogens with one attached hydrogen (secondary N) is 1. The van der Waals surface area contributed by atoms with Crippen molar-refractivity contribution in [2.45, 2.75) is 57.1 Å². The fourth-order valence-electron chi connectivity index (χ4n) is 2.86. The first-order valence-corrected chi connectivity index (χ1v) is 11.3. The Hall–Kier alpha value is -2.05. The quantitative estimate of drug-likeness (QED) is 0.395. The predicted molar refractivity (Wildman–Crippen MR) is 121 cm³/mol. The van der Waals surface area contributed by atoms with E-state index in [1.165, 1.54) is 12.1 Å². The molecule has 0 bridgehead atoms. The van der Waals surface area contributed by atoms with Crippen molar-refractivity contribution >= 4 is 35.2 Å². The molecule has 2 aromatic carbocycles. The summed E-state index contributed by atoms with van der Waals surface area (Å²) in [5.74, 6) is 0.157. The number of nitrogens with zero attached hydrogens (tertiary/aromatic N) is 1. The number of halogens is 2. The Labute approximate surface area is 187 Å². The Morgan fingerprint density at radius 3 is 2.30 bits per heavy atom. The van der Waals surface area contributed by atoms with Crippen LogP contribution in [0.4, 0.5) is 4.39 Å². The molecule has 0 saturated heterocycles. The van der Waals surface area contributed by atoms with Gasteiger partial charge in [-0.1, -0.05) is 23.7 Å². The highest BCUT2D eigenvalue weighted by Gasteiger charge is 2.26. The van der Waals surface area contributed by atoms with E-state index < -0.39 is 6.04 Å². The van der Waals surface area contributed by atoms with Crippen molar-refractivity contribution in [3.05, 3.63) is 64.9 Å². The van der Waals surface area contributed by atoms with Crippen molar-refractivity contribution in [3.8, 4) is 0 Å². The maximum atomic E-state index is 13.2. The van der Waals surface area contributed by atoms with Crippen molar-refractivity contribution in [2.24, 2.45) is 0 Å². The molecule has 162 valence electrons. The Bertz CT molecular complexity index is 828. The minimum atomic E-state index is -0.617. The maximum absolute atomic E-state index is 13.2. The first-order valence-electron chi connectivity index (χ1n) is 9.99. The van der Waals surface area contributed by atoms with Gasteiger partial charge in [-0.15, -0.1) is 11.8 Å². The Morgan fingerprint density at radius 1 is 1.07 bits per heavy atom. The fraction of sp³-hybridized carbons (Fsp3) is 0.391. The van der Waals surface area contributed by atoms with Crippen molar-refractivity contribution in [2.75, 3.05) is 5.75 Å². The van der Waals surface area contributed by atoms with Crippen LogP contribution >= 0.6 is 23.4 Å². The van der Waals surface area contributed by atoms with E-state index in [1.807, 2.05) is 38.1 Å². The molecule has 1 N–H and O–H groups in total. The zero-order valence-corrected chi connectivity index (χ0v) is 19.1. The number of benzene rings is 2. The van der Waals surface area contributed by atoms with Crippen molar-refractivity contribution in [1.82, 2.24) is 10.2 Å². The summed E-state index contributed by atoms with van der Waals surface area (Å²) in [6.45, 7) is 5.74. The molecule has 0 aliphatic carbocycles. The third kappa shape index (κ3) is 8.00. The molecular formula is C23H28ClFN2O2S. The number of hydrogen-bond acceptors (Lipinski definition) is 3. The van der Waals surface area contributed by atoms with Gasteiger partial charge in [0.1, 0.15) is 11.9 Å². The van der Waals surface area contributed by atoms with Crippen LogP contribution in [0.3, 0.4) is 0 Å². The van der Waals surface area contributed by atoms with Gasteiger partial charge < -0.3 is 10.2 Å². The molecule has 2 aromatic rings. The smallest absolute Gasteiger partial charge is 0.242 e. The SMILES string of the molecule is CC(C)NC(=O)C(C)N(Cc1ccc(F)cc1)C(=O)CCCSc1ccc(Cl)cc1. The molecule has 7 heteroatoms. The van der Waals surface area contributed by atoms with Crippen LogP contribution in [0.25, 0.3) is 0 Å². The van der Waals surface area contributed by atoms with E-state index in [1.54, 1.807) is 35.7 Å². The third-order valence-electron chi connectivity index (χ3n) is 4.48. The molecule has 0 radical (unpaired) electrons. The molecule has 0 spiro atoms. The van der Waals surface area contributed by atoms with Gasteiger partial charge in [-0.05, 0) is 74.9 Å². The van der Waals surface area contributed by atoms with Crippen LogP contribution in [0.1, 0.15) is 39.2 Å². The molecule has 0 fully saturated rings. The molecule has 0 heterocycles. The van der Waals surface area contributed by atoms with Gasteiger partial charge in [0.2, 0.25) is 11.8 Å². The largest absolute Gasteiger partial charge is 0.352 e. The van der Waals surface area contributed by atoms with Crippen molar-refractivity contribution < 1.29 is 14.0 Å². The highest BCUT2D eigenvalue weighted by atomic mass is 35.5. The first kappa shape index (κ1) is 24.2. The first-order chi connectivity index (χ1) is 14.3. The molecule has 30 heavy (non-hydrogen) atoms. The van der Waals surface area contributed by atoms with Crippen LogP contribution in [-0.2, 0) is 16.1 Å². The van der Waals surface area contributed by atoms with E-state index >= 15 is 0 Å². The summed E-state index contributed by atoms with van der Waals surface area (Å²) in [6.07, 6.45) is 1.02. The second-order valence-corrected chi connectivity index (χ2v) is 9.00. The average molecular weight is 451 g/mol. The lowest BCUT2D eigenvalue weighted by Gasteiger charge is -2.29. The van der Waals surface area contributed by atoms with Crippen LogP contribution in [0.5, 0.6) is 0 Å². The second kappa shape index (κ2) is 12.0. The van der Waals surface area contributed by atoms with Crippen molar-refractivity contribution in [1.29, 1.82) is 0 Å². The highest BCUT2D eigenvalue weighted by Crippen LogP contribution is 2.22. The number of hydrogen-bond donors (Lipinski definition) is 1. The Morgan fingerprint density at radius 2 is 1.70 bits per heavy atom. The zero-order chi connectivity index (χ0) is 22.1. The van der Waals surface area contributed by atoms with Crippen LogP contribution in [0.2, 0.25) is 5.02 Å². The summed E-state index contributed by atoms with van der Waals surface area (Å²) in [4.78, 5) is 28.1. The maximum Gasteiger partial charge on any atom is 0.242 e. The van der Waals surface area contributed by atoms with Gasteiger partial charge in [0.15, 0.2) is 0 Å². The second-order valence-electron chi connectivity index (χ2n) is 7.39. The minimum Gasteiger partial charge on any atom is -0.352 e. The van der Waals surface area contributed by atoms with Gasteiger partial charge in [0, 0.05) is 28.9 Å². The summed E-state index contributed by atoms with van der Waals surface area (Å²) in [7, 11) is 0. The highest BCUT2D eigenvalue weighted by molar-refractivity contribution is 7.99. The molecule has 0 saturated carbocycles. The average Bonchev–Trinajstić information content (AvgIpc) is 2.71. The number of rotatable bonds is 10. The summed E-state index contributed by atoms with van der Waals surface area (Å²) in [5.41, 5.74) is 0.782. The summed E-state index contributed by atoms with van der Waals surface area (Å²) in [6, 6.07) is 13.0. The van der Waals surface area contributed by atoms with E-state index in [4.69, 9.17) is 11.6 Å². The van der Waals surface area contributed by atoms with Crippen LogP contribution in [0.15, 0.2) is 53.4 Å². The Balaban J connectivity index is 1.98. The summed E-state index contributed by atoms with van der Waals surface area (Å²) < 4.78 is 13.2. The van der Waals surface area contributed by atoms with Gasteiger partial charge in [0.25, 0.3) is 0 Å². The summed E-state index contributed by atoms with van der Waals surface area (Å²) in [5, 5.41) is 3.55. The van der Waals surface area contributed by atoms with Crippen LogP contribution < -0.4 is 5.32 Å². The van der Waals surface area contributed by atoms with E-state index in [-0.39, 0.29) is 30.2 Å². The number of carbonyl (C=O) groups excluding carboxylic acids is 2. The Kier molecular flexibility index (Phi) is 9.66. The van der Waals surface area contributed by atoms with E-state index in [0.29, 0.717) is 17.9 Å². The standard InChI is InChI=1S/C23H28ClFN2O2S/c1-16(2)26-23(29)17(3)27(15-18-6-10-20(25)11-7-18)22(28)5-4-14-30-21-12-8-19(24)9-13-21/h6-13,16-17H,4-5,14-15H2,1-3H3,(H,26,29). The number of carbonyl (C=O) groups is 2. The molecule has 4 nitrogen and oxygen atoms in total. The number of thioether (sulfide) groups is 1. The van der Waals surface area contributed by atoms with E-state index in [0.717, 1.165) is 16.2 Å². The molecule has 0 aliphatic rings. The molecular weight excluding hydrogens is 423 g/mol. The molecule has 2 rings (SSSR count). The zero-order valence-electron chi connectivity index (χ0n) is 17.5. The van der Waals surface area contributed by atoms with Gasteiger partial charge >= 0.3 is 0 Å². The fourth-order valence-corrected chi connectivity index (χ4v) is 3.84. The molecule has 1 atom stereocenters. The normalized spacial score (nSPS) is 11.9. The topological polar surface area (TPSA) is 49.4 Å². The third-order valence-corrected chi connectivity index (χ3v) is 5.83. The van der Waals surface area contributed by atoms with Gasteiger partial charge in [-0.25, -0.2) is 4.39 Å². The van der Waals surface area contributed by atoms with E-state index in [9.17, 15) is 14.0 Å².